The number of unbranched alkanes of at least 4 members (excludes halogenated alkanes) is 1. The van der Waals surface area contributed by atoms with Gasteiger partial charge in [0.2, 0.25) is 0 Å². The summed E-state index contributed by atoms with van der Waals surface area (Å²) in [7, 11) is 0. The van der Waals surface area contributed by atoms with Crippen LogP contribution in [0.3, 0.4) is 0 Å². The van der Waals surface area contributed by atoms with E-state index >= 15 is 0 Å². The minimum Gasteiger partial charge on any atom is -0.492 e. The molecule has 3 N–H and O–H groups in total. The fraction of sp³-hybridized carbons (Fsp3) is 0.348. The Labute approximate surface area is 183 Å². The standard InChI is InChI=1S/C23H29N3O3S/c1-4-5-14-24-21(27)17-10-12-18(13-11-17)25-23(30)26-22(28)19-8-6-7-9-20(19)29-15-16(2)3/h6-13,16H,4-5,14-15H2,1-3H3,(H,24,27)(H2,25,26,28,30). The van der Waals surface area contributed by atoms with Gasteiger partial charge in [0.05, 0.1) is 12.2 Å². The molecule has 0 bridgehead atoms. The highest BCUT2D eigenvalue weighted by atomic mass is 32.1. The van der Waals surface area contributed by atoms with Gasteiger partial charge in [0, 0.05) is 17.8 Å². The van der Waals surface area contributed by atoms with Crippen molar-refractivity contribution in [2.75, 3.05) is 18.5 Å². The third-order valence-electron chi connectivity index (χ3n) is 4.15. The molecule has 2 rings (SSSR count). The SMILES string of the molecule is CCCCNC(=O)c1ccc(NC(=S)NC(=O)c2ccccc2OCC(C)C)cc1. The minimum absolute atomic E-state index is 0.108. The summed E-state index contributed by atoms with van der Waals surface area (Å²) in [4.78, 5) is 24.7. The molecule has 7 heteroatoms. The average Bonchev–Trinajstić information content (AvgIpc) is 2.73. The Bertz CT molecular complexity index is 866. The van der Waals surface area contributed by atoms with Crippen LogP contribution in [0.25, 0.3) is 0 Å². The van der Waals surface area contributed by atoms with Gasteiger partial charge in [-0.2, -0.15) is 0 Å². The van der Waals surface area contributed by atoms with Crippen LogP contribution in [0.15, 0.2) is 48.5 Å². The molecule has 0 aromatic heterocycles. The second-order valence-electron chi connectivity index (χ2n) is 7.30. The van der Waals surface area contributed by atoms with Gasteiger partial charge in [-0.3, -0.25) is 14.9 Å². The molecule has 0 atom stereocenters. The van der Waals surface area contributed by atoms with E-state index in [1.165, 1.54) is 0 Å². The van der Waals surface area contributed by atoms with E-state index in [9.17, 15) is 9.59 Å². The van der Waals surface area contributed by atoms with E-state index in [2.05, 4.69) is 22.9 Å². The summed E-state index contributed by atoms with van der Waals surface area (Å²) >= 11 is 5.25. The highest BCUT2D eigenvalue weighted by Crippen LogP contribution is 2.19. The van der Waals surface area contributed by atoms with Gasteiger partial charge in [-0.15, -0.1) is 0 Å². The summed E-state index contributed by atoms with van der Waals surface area (Å²) in [6.07, 6.45) is 1.98. The van der Waals surface area contributed by atoms with E-state index in [-0.39, 0.29) is 16.9 Å². The van der Waals surface area contributed by atoms with Gasteiger partial charge in [-0.25, -0.2) is 0 Å². The van der Waals surface area contributed by atoms with Gasteiger partial charge in [0.15, 0.2) is 5.11 Å². The molecule has 160 valence electrons. The van der Waals surface area contributed by atoms with Crippen molar-refractivity contribution in [1.29, 1.82) is 0 Å². The van der Waals surface area contributed by atoms with Crippen LogP contribution < -0.4 is 20.7 Å². The molecule has 2 amide bonds. The first-order valence-electron chi connectivity index (χ1n) is 10.1. The molecule has 6 nitrogen and oxygen atoms in total. The van der Waals surface area contributed by atoms with Crippen LogP contribution >= 0.6 is 12.2 Å². The summed E-state index contributed by atoms with van der Waals surface area (Å²) in [5.74, 6) is 0.410. The predicted octanol–water partition coefficient (Wildman–Crippen LogP) is 4.38. The number of carbonyl (C=O) groups excluding carboxylic acids is 2. The molecule has 2 aromatic carbocycles. The van der Waals surface area contributed by atoms with Crippen LogP contribution in [0.5, 0.6) is 5.75 Å². The molecular weight excluding hydrogens is 398 g/mol. The lowest BCUT2D eigenvalue weighted by molar-refractivity contribution is 0.0950. The van der Waals surface area contributed by atoms with Crippen LogP contribution in [-0.4, -0.2) is 30.1 Å². The summed E-state index contributed by atoms with van der Waals surface area (Å²) in [6, 6.07) is 14.0. The van der Waals surface area contributed by atoms with Gasteiger partial charge in [0.25, 0.3) is 11.8 Å². The van der Waals surface area contributed by atoms with Crippen LogP contribution in [0.2, 0.25) is 0 Å². The number of nitrogens with one attached hydrogen (secondary N) is 3. The van der Waals surface area contributed by atoms with Gasteiger partial charge in [0.1, 0.15) is 5.75 Å². The maximum atomic E-state index is 12.6. The van der Waals surface area contributed by atoms with E-state index in [1.807, 2.05) is 19.9 Å². The predicted molar refractivity (Wildman–Crippen MR) is 124 cm³/mol. The summed E-state index contributed by atoms with van der Waals surface area (Å²) in [6.45, 7) is 7.34. The monoisotopic (exact) mass is 427 g/mol. The third-order valence-corrected chi connectivity index (χ3v) is 4.36. The Kier molecular flexibility index (Phi) is 9.28. The van der Waals surface area contributed by atoms with Crippen molar-refractivity contribution < 1.29 is 14.3 Å². The summed E-state index contributed by atoms with van der Waals surface area (Å²) in [5, 5.41) is 8.66. The largest absolute Gasteiger partial charge is 0.492 e. The number of benzene rings is 2. The number of hydrogen-bond acceptors (Lipinski definition) is 4. The van der Waals surface area contributed by atoms with Crippen molar-refractivity contribution in [3.63, 3.8) is 0 Å². The Morgan fingerprint density at radius 1 is 1.03 bits per heavy atom. The second kappa shape index (κ2) is 11.9. The Hall–Kier alpha value is -2.93. The van der Waals surface area contributed by atoms with E-state index in [0.29, 0.717) is 41.6 Å². The first-order valence-corrected chi connectivity index (χ1v) is 10.5. The number of ether oxygens (including phenoxy) is 1. The first-order chi connectivity index (χ1) is 14.4. The molecule has 0 radical (unpaired) electrons. The fourth-order valence-corrected chi connectivity index (χ4v) is 2.77. The molecule has 0 aliphatic rings. The molecule has 2 aromatic rings. The quantitative estimate of drug-likeness (QED) is 0.409. The minimum atomic E-state index is -0.348. The Balaban J connectivity index is 1.93. The smallest absolute Gasteiger partial charge is 0.261 e. The number of hydrogen-bond donors (Lipinski definition) is 3. The van der Waals surface area contributed by atoms with Gasteiger partial charge in [-0.1, -0.05) is 39.3 Å². The van der Waals surface area contributed by atoms with Crippen LogP contribution in [0.4, 0.5) is 5.69 Å². The lowest BCUT2D eigenvalue weighted by Gasteiger charge is -2.14. The maximum Gasteiger partial charge on any atom is 0.261 e. The van der Waals surface area contributed by atoms with Crippen LogP contribution in [0.1, 0.15) is 54.3 Å². The highest BCUT2D eigenvalue weighted by molar-refractivity contribution is 7.80. The van der Waals surface area contributed by atoms with Crippen molar-refractivity contribution in [3.8, 4) is 5.75 Å². The number of amides is 2. The van der Waals surface area contributed by atoms with Crippen LogP contribution in [-0.2, 0) is 0 Å². The van der Waals surface area contributed by atoms with Gasteiger partial charge < -0.3 is 15.4 Å². The van der Waals surface area contributed by atoms with E-state index in [1.54, 1.807) is 42.5 Å². The van der Waals surface area contributed by atoms with Crippen molar-refractivity contribution in [3.05, 3.63) is 59.7 Å². The van der Waals surface area contributed by atoms with Crippen LogP contribution in [0, 0.1) is 5.92 Å². The molecule has 0 fully saturated rings. The lowest BCUT2D eigenvalue weighted by Crippen LogP contribution is -2.34. The molecule has 0 aliphatic heterocycles. The third kappa shape index (κ3) is 7.48. The zero-order chi connectivity index (χ0) is 21.9. The van der Waals surface area contributed by atoms with Crippen molar-refractivity contribution in [2.24, 2.45) is 5.92 Å². The summed E-state index contributed by atoms with van der Waals surface area (Å²) in [5.41, 5.74) is 1.67. The molecule has 0 unspecified atom stereocenters. The maximum absolute atomic E-state index is 12.6. The Morgan fingerprint density at radius 2 is 1.73 bits per heavy atom. The lowest BCUT2D eigenvalue weighted by atomic mass is 10.2. The van der Waals surface area contributed by atoms with Gasteiger partial charge >= 0.3 is 0 Å². The topological polar surface area (TPSA) is 79.5 Å². The average molecular weight is 428 g/mol. The number of anilines is 1. The van der Waals surface area contributed by atoms with E-state index < -0.39 is 0 Å². The summed E-state index contributed by atoms with van der Waals surface area (Å²) < 4.78 is 5.73. The second-order valence-corrected chi connectivity index (χ2v) is 7.70. The molecule has 30 heavy (non-hydrogen) atoms. The van der Waals surface area contributed by atoms with Crippen molar-refractivity contribution in [2.45, 2.75) is 33.6 Å². The molecule has 0 saturated heterocycles. The number of rotatable bonds is 9. The Morgan fingerprint density at radius 3 is 2.40 bits per heavy atom. The molecule has 0 aliphatic carbocycles. The van der Waals surface area contributed by atoms with E-state index in [4.69, 9.17) is 17.0 Å². The molecule has 0 spiro atoms. The molecule has 0 saturated carbocycles. The van der Waals surface area contributed by atoms with Crippen molar-refractivity contribution >= 4 is 34.8 Å². The van der Waals surface area contributed by atoms with E-state index in [0.717, 1.165) is 12.8 Å². The fourth-order valence-electron chi connectivity index (χ4n) is 2.56. The number of carbonyl (C=O) groups is 2. The molecule has 0 heterocycles. The van der Waals surface area contributed by atoms with Crippen molar-refractivity contribution in [1.82, 2.24) is 10.6 Å². The molecular formula is C23H29N3O3S. The first kappa shape index (κ1) is 23.3. The zero-order valence-corrected chi connectivity index (χ0v) is 18.5. The van der Waals surface area contributed by atoms with Gasteiger partial charge in [-0.05, 0) is 61.0 Å². The number of thiocarbonyl (C=S) groups is 1. The highest BCUT2D eigenvalue weighted by Gasteiger charge is 2.14. The normalized spacial score (nSPS) is 10.4. The zero-order valence-electron chi connectivity index (χ0n) is 17.7. The number of para-hydroxylation sites is 1.